The Labute approximate surface area is 115 Å². The van der Waals surface area contributed by atoms with Crippen molar-refractivity contribution in [2.24, 2.45) is 0 Å². The average Bonchev–Trinajstić information content (AvgIpc) is 2.26. The molecule has 0 aliphatic carbocycles. The smallest absolute Gasteiger partial charge is 0.329 e. The van der Waals surface area contributed by atoms with Crippen molar-refractivity contribution in [3.8, 4) is 0 Å². The van der Waals surface area contributed by atoms with Crippen LogP contribution in [0.15, 0.2) is 22.7 Å². The van der Waals surface area contributed by atoms with Crippen molar-refractivity contribution in [1.82, 2.24) is 4.90 Å². The van der Waals surface area contributed by atoms with Gasteiger partial charge in [-0.3, -0.25) is 4.79 Å². The summed E-state index contributed by atoms with van der Waals surface area (Å²) < 4.78 is 0.886. The van der Waals surface area contributed by atoms with Gasteiger partial charge in [0.25, 0.3) is 5.91 Å². The third kappa shape index (κ3) is 2.72. The second-order valence-corrected chi connectivity index (χ2v) is 5.60. The number of hydrogen-bond donors (Lipinski definition) is 1. The minimum absolute atomic E-state index is 0.299. The number of carboxylic acid groups (broad SMARTS) is 1. The second-order valence-electron chi connectivity index (χ2n) is 4.69. The maximum absolute atomic E-state index is 12.3. The fourth-order valence-corrected chi connectivity index (χ4v) is 1.92. The number of rotatable bonds is 3. The van der Waals surface area contributed by atoms with Gasteiger partial charge in [0, 0.05) is 17.1 Å². The highest BCUT2D eigenvalue weighted by Gasteiger charge is 2.35. The molecule has 0 aliphatic heterocycles. The summed E-state index contributed by atoms with van der Waals surface area (Å²) >= 11 is 3.33. The van der Waals surface area contributed by atoms with Gasteiger partial charge in [0.15, 0.2) is 0 Å². The first-order chi connectivity index (χ1) is 8.17. The minimum Gasteiger partial charge on any atom is -0.480 e. The van der Waals surface area contributed by atoms with E-state index in [4.69, 9.17) is 5.11 Å². The SMILES string of the molecule is Cc1cc(Br)ccc1C(=O)N(C)C(C)(C)C(=O)O. The Bertz CT molecular complexity index is 497. The van der Waals surface area contributed by atoms with Crippen LogP contribution in [0.5, 0.6) is 0 Å². The summed E-state index contributed by atoms with van der Waals surface area (Å²) in [6.45, 7) is 4.82. The summed E-state index contributed by atoms with van der Waals surface area (Å²) in [7, 11) is 1.50. The normalized spacial score (nSPS) is 11.2. The van der Waals surface area contributed by atoms with Crippen molar-refractivity contribution in [3.63, 3.8) is 0 Å². The molecule has 0 saturated carbocycles. The monoisotopic (exact) mass is 313 g/mol. The molecule has 1 aromatic carbocycles. The molecule has 0 heterocycles. The summed E-state index contributed by atoms with van der Waals surface area (Å²) in [6.07, 6.45) is 0. The van der Waals surface area contributed by atoms with Gasteiger partial charge in [0.1, 0.15) is 5.54 Å². The lowest BCUT2D eigenvalue weighted by Crippen LogP contribution is -2.50. The maximum atomic E-state index is 12.3. The van der Waals surface area contributed by atoms with Crippen LogP contribution < -0.4 is 0 Å². The van der Waals surface area contributed by atoms with Crippen molar-refractivity contribution < 1.29 is 14.7 Å². The van der Waals surface area contributed by atoms with Gasteiger partial charge in [-0.15, -0.1) is 0 Å². The summed E-state index contributed by atoms with van der Waals surface area (Å²) in [4.78, 5) is 24.7. The standard InChI is InChI=1S/C13H16BrNO3/c1-8-7-9(14)5-6-10(8)11(16)15(4)13(2,3)12(17)18/h5-7H,1-4H3,(H,17,18). The zero-order valence-electron chi connectivity index (χ0n) is 10.8. The summed E-state index contributed by atoms with van der Waals surface area (Å²) in [5.41, 5.74) is 0.0776. The van der Waals surface area contributed by atoms with Crippen molar-refractivity contribution in [1.29, 1.82) is 0 Å². The van der Waals surface area contributed by atoms with Crippen molar-refractivity contribution in [2.45, 2.75) is 26.3 Å². The molecule has 0 aromatic heterocycles. The first-order valence-corrected chi connectivity index (χ1v) is 6.25. The molecular formula is C13H16BrNO3. The van der Waals surface area contributed by atoms with Crippen molar-refractivity contribution in [3.05, 3.63) is 33.8 Å². The number of nitrogens with zero attached hydrogens (tertiary/aromatic N) is 1. The van der Waals surface area contributed by atoms with Crippen molar-refractivity contribution >= 4 is 27.8 Å². The molecule has 0 atom stereocenters. The second kappa shape index (κ2) is 5.10. The van der Waals surface area contributed by atoms with Gasteiger partial charge in [0.2, 0.25) is 0 Å². The molecule has 0 fully saturated rings. The van der Waals surface area contributed by atoms with Gasteiger partial charge >= 0.3 is 5.97 Å². The van der Waals surface area contributed by atoms with E-state index in [9.17, 15) is 9.59 Å². The molecule has 0 bridgehead atoms. The molecule has 5 heteroatoms. The number of hydrogen-bond acceptors (Lipinski definition) is 2. The van der Waals surface area contributed by atoms with Crippen LogP contribution in [0, 0.1) is 6.92 Å². The van der Waals surface area contributed by atoms with E-state index in [1.54, 1.807) is 12.1 Å². The van der Waals surface area contributed by atoms with Gasteiger partial charge in [-0.2, -0.15) is 0 Å². The van der Waals surface area contributed by atoms with E-state index in [0.717, 1.165) is 10.0 Å². The van der Waals surface area contributed by atoms with Gasteiger partial charge in [-0.1, -0.05) is 15.9 Å². The van der Waals surface area contributed by atoms with Crippen molar-refractivity contribution in [2.75, 3.05) is 7.05 Å². The van der Waals surface area contributed by atoms with Gasteiger partial charge < -0.3 is 10.0 Å². The summed E-state index contributed by atoms with van der Waals surface area (Å²) in [6, 6.07) is 5.28. The Morgan fingerprint density at radius 1 is 1.33 bits per heavy atom. The number of benzene rings is 1. The number of aryl methyl sites for hydroxylation is 1. The Hall–Kier alpha value is -1.36. The van der Waals surface area contributed by atoms with Crippen LogP contribution in [0.3, 0.4) is 0 Å². The molecule has 0 saturated heterocycles. The van der Waals surface area contributed by atoms with Crippen LogP contribution in [-0.4, -0.2) is 34.5 Å². The van der Waals surface area contributed by atoms with Gasteiger partial charge in [-0.25, -0.2) is 4.79 Å². The highest BCUT2D eigenvalue weighted by Crippen LogP contribution is 2.21. The zero-order chi connectivity index (χ0) is 14.1. The molecule has 4 nitrogen and oxygen atoms in total. The first kappa shape index (κ1) is 14.7. The number of amides is 1. The predicted octanol–water partition coefficient (Wildman–Crippen LogP) is 2.69. The number of carbonyl (C=O) groups is 2. The lowest BCUT2D eigenvalue weighted by molar-refractivity contribution is -0.147. The van der Waals surface area contributed by atoms with E-state index in [0.29, 0.717) is 5.56 Å². The largest absolute Gasteiger partial charge is 0.480 e. The topological polar surface area (TPSA) is 57.6 Å². The Balaban J connectivity index is 3.11. The Morgan fingerprint density at radius 2 is 1.89 bits per heavy atom. The van der Waals surface area contributed by atoms with Gasteiger partial charge in [-0.05, 0) is 44.5 Å². The summed E-state index contributed by atoms with van der Waals surface area (Å²) in [5, 5.41) is 9.12. The van der Waals surface area contributed by atoms with E-state index in [1.165, 1.54) is 25.8 Å². The van der Waals surface area contributed by atoms with E-state index in [-0.39, 0.29) is 5.91 Å². The van der Waals surface area contributed by atoms with Crippen LogP contribution in [0.2, 0.25) is 0 Å². The average molecular weight is 314 g/mol. The molecule has 0 radical (unpaired) electrons. The molecule has 18 heavy (non-hydrogen) atoms. The molecule has 1 aromatic rings. The van der Waals surface area contributed by atoms with Crippen LogP contribution >= 0.6 is 15.9 Å². The highest BCUT2D eigenvalue weighted by atomic mass is 79.9. The molecule has 1 N–H and O–H groups in total. The molecule has 1 amide bonds. The van der Waals surface area contributed by atoms with Crippen LogP contribution in [0.4, 0.5) is 0 Å². The van der Waals surface area contributed by atoms with Crippen LogP contribution in [0.25, 0.3) is 0 Å². The molecule has 0 spiro atoms. The minimum atomic E-state index is -1.24. The maximum Gasteiger partial charge on any atom is 0.329 e. The van der Waals surface area contributed by atoms with E-state index >= 15 is 0 Å². The fraction of sp³-hybridized carbons (Fsp3) is 0.385. The van der Waals surface area contributed by atoms with E-state index in [2.05, 4.69) is 15.9 Å². The van der Waals surface area contributed by atoms with E-state index in [1.807, 2.05) is 13.0 Å². The predicted molar refractivity (Wildman–Crippen MR) is 72.7 cm³/mol. The lowest BCUT2D eigenvalue weighted by Gasteiger charge is -2.32. The molecule has 98 valence electrons. The Morgan fingerprint density at radius 3 is 2.33 bits per heavy atom. The number of aliphatic carboxylic acids is 1. The lowest BCUT2D eigenvalue weighted by atomic mass is 10.0. The molecular weight excluding hydrogens is 298 g/mol. The quantitative estimate of drug-likeness (QED) is 0.933. The Kier molecular flexibility index (Phi) is 4.16. The summed E-state index contributed by atoms with van der Waals surface area (Å²) in [5.74, 6) is -1.33. The molecule has 0 unspecified atom stereocenters. The number of carboxylic acids is 1. The first-order valence-electron chi connectivity index (χ1n) is 5.45. The van der Waals surface area contributed by atoms with Gasteiger partial charge in [0.05, 0.1) is 0 Å². The van der Waals surface area contributed by atoms with Crippen LogP contribution in [-0.2, 0) is 4.79 Å². The number of carbonyl (C=O) groups excluding carboxylic acids is 1. The molecule has 0 aliphatic rings. The third-order valence-corrected chi connectivity index (χ3v) is 3.58. The van der Waals surface area contributed by atoms with Crippen LogP contribution in [0.1, 0.15) is 29.8 Å². The zero-order valence-corrected chi connectivity index (χ0v) is 12.4. The number of likely N-dealkylation sites (N-methyl/N-ethyl adjacent to an activating group) is 1. The highest BCUT2D eigenvalue weighted by molar-refractivity contribution is 9.10. The number of halogens is 1. The molecule has 1 rings (SSSR count). The van der Waals surface area contributed by atoms with E-state index < -0.39 is 11.5 Å². The fourth-order valence-electron chi connectivity index (χ4n) is 1.45. The third-order valence-electron chi connectivity index (χ3n) is 3.09.